The molecular weight excluding hydrogens is 342 g/mol. The van der Waals surface area contributed by atoms with Crippen molar-refractivity contribution in [3.8, 4) is 0 Å². The Morgan fingerprint density at radius 3 is 2.71 bits per heavy atom. The summed E-state index contributed by atoms with van der Waals surface area (Å²) >= 11 is 6.10. The van der Waals surface area contributed by atoms with Crippen molar-refractivity contribution < 1.29 is 8.28 Å². The first-order valence-corrected chi connectivity index (χ1v) is 5.71. The smallest absolute Gasteiger partial charge is 0.170 e. The summed E-state index contributed by atoms with van der Waals surface area (Å²) in [4.78, 5) is 3.92. The van der Waals surface area contributed by atoms with Crippen molar-refractivity contribution in [1.82, 2.24) is 8.96 Å². The maximum atomic E-state index is 13.1. The first-order chi connectivity index (χ1) is 6.63. The predicted octanol–water partition coefficient (Wildman–Crippen LogP) is 4.08. The fourth-order valence-electron chi connectivity index (χ4n) is 1.10. The molecule has 0 aliphatic rings. The third-order valence-electron chi connectivity index (χ3n) is 1.68. The van der Waals surface area contributed by atoms with Crippen LogP contribution in [0, 0.1) is 5.82 Å². The van der Waals surface area contributed by atoms with Crippen LogP contribution in [0.4, 0.5) is 8.28 Å². The van der Waals surface area contributed by atoms with Crippen molar-refractivity contribution in [2.75, 3.05) is 0 Å². The van der Waals surface area contributed by atoms with Crippen molar-refractivity contribution >= 4 is 55.2 Å². The minimum atomic E-state index is -0.515. The van der Waals surface area contributed by atoms with E-state index in [-0.39, 0.29) is 16.9 Å². The molecule has 0 aliphatic carbocycles. The molecule has 0 N–H and O–H groups in total. The highest BCUT2D eigenvalue weighted by atomic mass is 79.9. The van der Waals surface area contributed by atoms with Crippen molar-refractivity contribution in [1.29, 1.82) is 0 Å². The number of rotatable bonds is 1. The van der Waals surface area contributed by atoms with E-state index in [9.17, 15) is 8.28 Å². The maximum absolute atomic E-state index is 13.1. The van der Waals surface area contributed by atoms with Crippen LogP contribution in [0.15, 0.2) is 21.3 Å². The van der Waals surface area contributed by atoms with Gasteiger partial charge in [0.15, 0.2) is 18.2 Å². The molecule has 14 heavy (non-hydrogen) atoms. The van der Waals surface area contributed by atoms with E-state index >= 15 is 0 Å². The fraction of sp³-hybridized carbons (Fsp3) is 0. The molecular formula is C7H2Br2F2N2S. The highest BCUT2D eigenvalue weighted by molar-refractivity contribution is 9.10. The van der Waals surface area contributed by atoms with Gasteiger partial charge in [0.1, 0.15) is 9.21 Å². The molecule has 0 atom stereocenters. The Morgan fingerprint density at radius 1 is 1.36 bits per heavy atom. The van der Waals surface area contributed by atoms with Gasteiger partial charge in [-0.15, -0.1) is 3.89 Å². The van der Waals surface area contributed by atoms with E-state index in [0.717, 1.165) is 0 Å². The standard InChI is InChI=1S/C7H2Br2F2N2S/c8-6-2-4-5(13(6)14-11)1-3(10)7(9)12-4/h1-2H. The molecule has 0 aromatic carbocycles. The second-order valence-corrected chi connectivity index (χ2v) is 4.56. The molecule has 2 nitrogen and oxygen atoms in total. The molecule has 0 fully saturated rings. The summed E-state index contributed by atoms with van der Waals surface area (Å²) in [6.07, 6.45) is 0. The van der Waals surface area contributed by atoms with Gasteiger partial charge in [-0.2, -0.15) is 0 Å². The Morgan fingerprint density at radius 2 is 2.07 bits per heavy atom. The third-order valence-corrected chi connectivity index (χ3v) is 3.59. The number of hydrogen-bond acceptors (Lipinski definition) is 2. The number of nitrogens with zero attached hydrogens (tertiary/aromatic N) is 2. The number of pyridine rings is 1. The van der Waals surface area contributed by atoms with E-state index in [0.29, 0.717) is 15.6 Å². The zero-order valence-corrected chi connectivity index (χ0v) is 10.5. The molecule has 0 radical (unpaired) electrons. The molecule has 7 heteroatoms. The van der Waals surface area contributed by atoms with Gasteiger partial charge in [-0.25, -0.2) is 13.3 Å². The zero-order valence-electron chi connectivity index (χ0n) is 6.47. The van der Waals surface area contributed by atoms with Crippen LogP contribution in [0.3, 0.4) is 0 Å². The summed E-state index contributed by atoms with van der Waals surface area (Å²) in [5.41, 5.74) is 0.917. The monoisotopic (exact) mass is 342 g/mol. The third kappa shape index (κ3) is 1.57. The van der Waals surface area contributed by atoms with E-state index in [4.69, 9.17) is 0 Å². The van der Waals surface area contributed by atoms with Crippen LogP contribution in [0.2, 0.25) is 0 Å². The van der Waals surface area contributed by atoms with Gasteiger partial charge in [0.25, 0.3) is 0 Å². The van der Waals surface area contributed by atoms with Crippen molar-refractivity contribution in [2.24, 2.45) is 0 Å². The highest BCUT2D eigenvalue weighted by Gasteiger charge is 2.12. The second kappa shape index (κ2) is 3.79. The summed E-state index contributed by atoms with van der Waals surface area (Å²) in [6.45, 7) is 0. The molecule has 2 aromatic heterocycles. The van der Waals surface area contributed by atoms with Gasteiger partial charge in [0, 0.05) is 6.07 Å². The SMILES string of the molecule is FSn1c(Br)cc2nc(Br)c(F)cc21. The van der Waals surface area contributed by atoms with Gasteiger partial charge in [0.05, 0.1) is 11.0 Å². The first-order valence-electron chi connectivity index (χ1n) is 3.45. The number of fused-ring (bicyclic) bond motifs is 1. The molecule has 0 aliphatic heterocycles. The van der Waals surface area contributed by atoms with Gasteiger partial charge < -0.3 is 0 Å². The Bertz CT molecular complexity index is 500. The first kappa shape index (κ1) is 10.4. The lowest BCUT2D eigenvalue weighted by molar-refractivity contribution is 0.616. The van der Waals surface area contributed by atoms with Crippen LogP contribution in [0.25, 0.3) is 11.0 Å². The lowest BCUT2D eigenvalue weighted by Crippen LogP contribution is -1.87. The van der Waals surface area contributed by atoms with E-state index in [2.05, 4.69) is 36.8 Å². The predicted molar refractivity (Wildman–Crippen MR) is 59.2 cm³/mol. The fourth-order valence-corrected chi connectivity index (χ4v) is 2.31. The molecule has 0 saturated heterocycles. The van der Waals surface area contributed by atoms with Crippen molar-refractivity contribution in [3.63, 3.8) is 0 Å². The Kier molecular flexibility index (Phi) is 2.81. The molecule has 2 aromatic rings. The van der Waals surface area contributed by atoms with E-state index < -0.39 is 5.82 Å². The second-order valence-electron chi connectivity index (χ2n) is 2.50. The average Bonchev–Trinajstić information content (AvgIpc) is 2.42. The van der Waals surface area contributed by atoms with E-state index in [1.54, 1.807) is 6.07 Å². The van der Waals surface area contributed by atoms with E-state index in [1.165, 1.54) is 10.0 Å². The normalized spacial score (nSPS) is 11.1. The summed E-state index contributed by atoms with van der Waals surface area (Å²) < 4.78 is 27.4. The Balaban J connectivity index is 2.82. The van der Waals surface area contributed by atoms with Gasteiger partial charge in [-0.1, -0.05) is 0 Å². The van der Waals surface area contributed by atoms with Crippen LogP contribution in [-0.4, -0.2) is 8.96 Å². The lowest BCUT2D eigenvalue weighted by Gasteiger charge is -1.98. The lowest BCUT2D eigenvalue weighted by atomic mass is 10.4. The van der Waals surface area contributed by atoms with Crippen LogP contribution < -0.4 is 0 Å². The molecule has 2 rings (SSSR count). The average molecular weight is 344 g/mol. The zero-order chi connectivity index (χ0) is 10.3. The number of halogens is 4. The number of aromatic nitrogens is 2. The van der Waals surface area contributed by atoms with Crippen LogP contribution in [0.5, 0.6) is 0 Å². The largest absolute Gasteiger partial charge is 0.248 e. The minimum Gasteiger partial charge on any atom is -0.248 e. The maximum Gasteiger partial charge on any atom is 0.170 e. The number of hydrogen-bond donors (Lipinski definition) is 0. The van der Waals surface area contributed by atoms with Gasteiger partial charge in [-0.3, -0.25) is 0 Å². The molecule has 0 bridgehead atoms. The van der Waals surface area contributed by atoms with Gasteiger partial charge in [0.2, 0.25) is 0 Å². The van der Waals surface area contributed by atoms with Crippen LogP contribution in [0.1, 0.15) is 0 Å². The molecule has 0 saturated carbocycles. The van der Waals surface area contributed by atoms with E-state index in [1.807, 2.05) is 0 Å². The molecule has 0 amide bonds. The van der Waals surface area contributed by atoms with Crippen LogP contribution in [-0.2, 0) is 0 Å². The Hall–Kier alpha value is -0.140. The van der Waals surface area contributed by atoms with Crippen molar-refractivity contribution in [3.05, 3.63) is 27.2 Å². The summed E-state index contributed by atoms with van der Waals surface area (Å²) in [5.74, 6) is -0.515. The molecule has 74 valence electrons. The molecule has 0 unspecified atom stereocenters. The topological polar surface area (TPSA) is 17.8 Å². The minimum absolute atomic E-state index is 0.00605. The van der Waals surface area contributed by atoms with Gasteiger partial charge in [-0.05, 0) is 37.9 Å². The molecule has 0 spiro atoms. The highest BCUT2D eigenvalue weighted by Crippen LogP contribution is 2.30. The molecule has 2 heterocycles. The summed E-state index contributed by atoms with van der Waals surface area (Å²) in [7, 11) is 0. The Labute approximate surface area is 99.4 Å². The van der Waals surface area contributed by atoms with Crippen molar-refractivity contribution in [2.45, 2.75) is 0 Å². The quantitative estimate of drug-likeness (QED) is 0.726. The van der Waals surface area contributed by atoms with Gasteiger partial charge >= 0.3 is 0 Å². The summed E-state index contributed by atoms with van der Waals surface area (Å²) in [5, 5.41) is 0. The van der Waals surface area contributed by atoms with Crippen LogP contribution >= 0.6 is 44.2 Å². The summed E-state index contributed by atoms with van der Waals surface area (Å²) in [6, 6.07) is 2.84.